The van der Waals surface area contributed by atoms with Crippen LogP contribution >= 0.6 is 11.6 Å². The second kappa shape index (κ2) is 8.12. The van der Waals surface area contributed by atoms with E-state index in [0.717, 1.165) is 0 Å². The lowest BCUT2D eigenvalue weighted by atomic mass is 10.1. The molecule has 8 heteroatoms. The molecule has 0 unspecified atom stereocenters. The Kier molecular flexibility index (Phi) is 5.66. The molecule has 2 aromatic heterocycles. The minimum Gasteiger partial charge on any atom is -0.470 e. The number of carbonyl (C=O) groups is 1. The standard InChI is InChI=1S/C16H18ClN3O4/c17-14-9-11(24-20-14)4-5-15(21)19-12-6-8-22-10-13(12)23-16-3-1-2-7-18-16/h1-3,7,9,12-13H,4-6,8,10H2,(H,19,21)/t12-,13-/m1/s1. The molecule has 24 heavy (non-hydrogen) atoms. The van der Waals surface area contributed by atoms with Crippen LogP contribution in [0, 0.1) is 0 Å². The van der Waals surface area contributed by atoms with Crippen molar-refractivity contribution in [2.45, 2.75) is 31.4 Å². The summed E-state index contributed by atoms with van der Waals surface area (Å²) in [5.74, 6) is 1.02. The molecule has 1 fully saturated rings. The predicted octanol–water partition coefficient (Wildman–Crippen LogP) is 2.01. The molecule has 7 nitrogen and oxygen atoms in total. The zero-order valence-electron chi connectivity index (χ0n) is 13.0. The third-order valence-corrected chi connectivity index (χ3v) is 3.87. The Morgan fingerprint density at radius 1 is 1.46 bits per heavy atom. The van der Waals surface area contributed by atoms with E-state index in [1.165, 1.54) is 0 Å². The van der Waals surface area contributed by atoms with Crippen molar-refractivity contribution in [1.82, 2.24) is 15.5 Å². The summed E-state index contributed by atoms with van der Waals surface area (Å²) in [4.78, 5) is 16.3. The van der Waals surface area contributed by atoms with Gasteiger partial charge in [-0.25, -0.2) is 4.98 Å². The fourth-order valence-electron chi connectivity index (χ4n) is 2.49. The third-order valence-electron chi connectivity index (χ3n) is 3.69. The molecule has 3 heterocycles. The minimum atomic E-state index is -0.266. The Morgan fingerprint density at radius 3 is 3.12 bits per heavy atom. The molecule has 1 N–H and O–H groups in total. The first-order valence-electron chi connectivity index (χ1n) is 7.76. The number of rotatable bonds is 6. The van der Waals surface area contributed by atoms with Crippen LogP contribution < -0.4 is 10.1 Å². The summed E-state index contributed by atoms with van der Waals surface area (Å²) in [6.07, 6.45) is 2.82. The molecule has 128 valence electrons. The average molecular weight is 352 g/mol. The second-order valence-corrected chi connectivity index (χ2v) is 5.87. The molecule has 0 spiro atoms. The first-order chi connectivity index (χ1) is 11.7. The van der Waals surface area contributed by atoms with Gasteiger partial charge in [-0.3, -0.25) is 4.79 Å². The highest BCUT2D eigenvalue weighted by Crippen LogP contribution is 2.16. The molecule has 3 rings (SSSR count). The Labute approximate surface area is 144 Å². The molecule has 1 amide bonds. The number of carbonyl (C=O) groups excluding carboxylic acids is 1. The molecule has 1 saturated heterocycles. The first-order valence-corrected chi connectivity index (χ1v) is 8.14. The summed E-state index contributed by atoms with van der Waals surface area (Å²) in [6.45, 7) is 1.00. The third kappa shape index (κ3) is 4.69. The van der Waals surface area contributed by atoms with Crippen LogP contribution in [-0.4, -0.2) is 41.4 Å². The van der Waals surface area contributed by atoms with Crippen molar-refractivity contribution in [2.24, 2.45) is 0 Å². The van der Waals surface area contributed by atoms with Gasteiger partial charge in [0.1, 0.15) is 11.9 Å². The van der Waals surface area contributed by atoms with E-state index in [1.807, 2.05) is 12.1 Å². The number of aryl methyl sites for hydroxylation is 1. The largest absolute Gasteiger partial charge is 0.470 e. The van der Waals surface area contributed by atoms with Gasteiger partial charge in [0.05, 0.1) is 12.6 Å². The lowest BCUT2D eigenvalue weighted by Crippen LogP contribution is -2.51. The number of ether oxygens (including phenoxy) is 2. The Balaban J connectivity index is 1.52. The van der Waals surface area contributed by atoms with Gasteiger partial charge >= 0.3 is 0 Å². The van der Waals surface area contributed by atoms with Crippen LogP contribution in [0.3, 0.4) is 0 Å². The van der Waals surface area contributed by atoms with Crippen molar-refractivity contribution < 1.29 is 18.8 Å². The van der Waals surface area contributed by atoms with Crippen molar-refractivity contribution in [3.63, 3.8) is 0 Å². The summed E-state index contributed by atoms with van der Waals surface area (Å²) in [7, 11) is 0. The zero-order valence-corrected chi connectivity index (χ0v) is 13.7. The van der Waals surface area contributed by atoms with Gasteiger partial charge in [-0.1, -0.05) is 22.8 Å². The smallest absolute Gasteiger partial charge is 0.220 e. The SMILES string of the molecule is O=C(CCc1cc(Cl)no1)N[C@@H]1CCOC[C@H]1Oc1ccccn1. The summed E-state index contributed by atoms with van der Waals surface area (Å²) >= 11 is 5.69. The van der Waals surface area contributed by atoms with Gasteiger partial charge in [-0.2, -0.15) is 0 Å². The molecule has 2 aromatic rings. The van der Waals surface area contributed by atoms with Crippen molar-refractivity contribution in [1.29, 1.82) is 0 Å². The molecule has 0 aromatic carbocycles. The van der Waals surface area contributed by atoms with Crippen LogP contribution in [0.4, 0.5) is 0 Å². The summed E-state index contributed by atoms with van der Waals surface area (Å²) in [5, 5.41) is 6.87. The van der Waals surface area contributed by atoms with E-state index in [0.29, 0.717) is 49.3 Å². The topological polar surface area (TPSA) is 86.5 Å². The van der Waals surface area contributed by atoms with E-state index in [-0.39, 0.29) is 18.1 Å². The minimum absolute atomic E-state index is 0.0796. The maximum Gasteiger partial charge on any atom is 0.220 e. The van der Waals surface area contributed by atoms with E-state index in [9.17, 15) is 4.79 Å². The highest BCUT2D eigenvalue weighted by Gasteiger charge is 2.29. The monoisotopic (exact) mass is 351 g/mol. The molecular formula is C16H18ClN3O4. The van der Waals surface area contributed by atoms with Gasteiger partial charge in [0.2, 0.25) is 11.8 Å². The van der Waals surface area contributed by atoms with E-state index in [4.69, 9.17) is 25.6 Å². The maximum atomic E-state index is 12.2. The zero-order chi connectivity index (χ0) is 16.8. The number of amides is 1. The lowest BCUT2D eigenvalue weighted by Gasteiger charge is -2.32. The summed E-state index contributed by atoms with van der Waals surface area (Å²) in [6, 6.07) is 6.94. The Hall–Kier alpha value is -2.12. The van der Waals surface area contributed by atoms with Gasteiger partial charge in [-0.15, -0.1) is 0 Å². The molecule has 0 aliphatic carbocycles. The van der Waals surface area contributed by atoms with Gasteiger partial charge in [-0.05, 0) is 12.5 Å². The fraction of sp³-hybridized carbons (Fsp3) is 0.438. The van der Waals surface area contributed by atoms with Gasteiger partial charge < -0.3 is 19.3 Å². The highest BCUT2D eigenvalue weighted by atomic mass is 35.5. The molecular weight excluding hydrogens is 334 g/mol. The summed E-state index contributed by atoms with van der Waals surface area (Å²) < 4.78 is 16.3. The van der Waals surface area contributed by atoms with E-state index < -0.39 is 0 Å². The van der Waals surface area contributed by atoms with Crippen LogP contribution in [0.5, 0.6) is 5.88 Å². The molecule has 0 radical (unpaired) electrons. The van der Waals surface area contributed by atoms with Crippen molar-refractivity contribution in [3.8, 4) is 5.88 Å². The van der Waals surface area contributed by atoms with Crippen molar-refractivity contribution in [2.75, 3.05) is 13.2 Å². The van der Waals surface area contributed by atoms with E-state index in [2.05, 4.69) is 15.5 Å². The average Bonchev–Trinajstić information content (AvgIpc) is 3.01. The quantitative estimate of drug-likeness (QED) is 0.856. The number of hydrogen-bond acceptors (Lipinski definition) is 6. The maximum absolute atomic E-state index is 12.2. The number of pyridine rings is 1. The predicted molar refractivity (Wildman–Crippen MR) is 85.9 cm³/mol. The van der Waals surface area contributed by atoms with Crippen LogP contribution in [-0.2, 0) is 16.0 Å². The van der Waals surface area contributed by atoms with Crippen LogP contribution in [0.1, 0.15) is 18.6 Å². The van der Waals surface area contributed by atoms with E-state index in [1.54, 1.807) is 18.3 Å². The molecule has 1 aliphatic rings. The molecule has 1 aliphatic heterocycles. The normalized spacial score (nSPS) is 20.5. The van der Waals surface area contributed by atoms with Crippen LogP contribution in [0.15, 0.2) is 35.0 Å². The van der Waals surface area contributed by atoms with Gasteiger partial charge in [0.15, 0.2) is 5.15 Å². The number of hydrogen-bond donors (Lipinski definition) is 1. The van der Waals surface area contributed by atoms with E-state index >= 15 is 0 Å². The van der Waals surface area contributed by atoms with Crippen molar-refractivity contribution in [3.05, 3.63) is 41.4 Å². The number of halogens is 1. The molecule has 0 bridgehead atoms. The Bertz CT molecular complexity index is 664. The Morgan fingerprint density at radius 2 is 2.38 bits per heavy atom. The lowest BCUT2D eigenvalue weighted by molar-refractivity contribution is -0.124. The van der Waals surface area contributed by atoms with Crippen molar-refractivity contribution >= 4 is 17.5 Å². The van der Waals surface area contributed by atoms with Gasteiger partial charge in [0, 0.05) is 37.8 Å². The first kappa shape index (κ1) is 16.7. The van der Waals surface area contributed by atoms with Crippen LogP contribution in [0.25, 0.3) is 0 Å². The molecule has 2 atom stereocenters. The summed E-state index contributed by atoms with van der Waals surface area (Å²) in [5.41, 5.74) is 0. The van der Waals surface area contributed by atoms with Gasteiger partial charge in [0.25, 0.3) is 0 Å². The number of aromatic nitrogens is 2. The second-order valence-electron chi connectivity index (χ2n) is 5.48. The number of nitrogens with zero attached hydrogens (tertiary/aromatic N) is 2. The van der Waals surface area contributed by atoms with Crippen LogP contribution in [0.2, 0.25) is 5.15 Å². The fourth-order valence-corrected chi connectivity index (χ4v) is 2.64. The number of nitrogens with one attached hydrogen (secondary N) is 1. The molecule has 0 saturated carbocycles. The highest BCUT2D eigenvalue weighted by molar-refractivity contribution is 6.29.